The predicted molar refractivity (Wildman–Crippen MR) is 141 cm³/mol. The van der Waals surface area contributed by atoms with Crippen molar-refractivity contribution in [1.82, 2.24) is 4.98 Å². The number of hydrogen-bond donors (Lipinski definition) is 1. The van der Waals surface area contributed by atoms with Gasteiger partial charge in [-0.2, -0.15) is 0 Å². The van der Waals surface area contributed by atoms with Gasteiger partial charge >= 0.3 is 5.91 Å². The van der Waals surface area contributed by atoms with Crippen LogP contribution in [0.2, 0.25) is 5.02 Å². The molecule has 3 heterocycles. The number of rotatable bonds is 6. The van der Waals surface area contributed by atoms with Gasteiger partial charge < -0.3 is 9.84 Å². The summed E-state index contributed by atoms with van der Waals surface area (Å²) in [7, 11) is 0. The molecular weight excluding hydrogens is 504 g/mol. The number of thiophene rings is 1. The minimum atomic E-state index is -0.799. The van der Waals surface area contributed by atoms with Crippen molar-refractivity contribution in [2.75, 3.05) is 11.5 Å². The molecule has 0 radical (unpaired) electrons. The molecule has 0 bridgehead atoms. The van der Waals surface area contributed by atoms with Crippen LogP contribution in [-0.4, -0.2) is 28.4 Å². The molecule has 1 aliphatic rings. The summed E-state index contributed by atoms with van der Waals surface area (Å²) in [5.41, 5.74) is 1.98. The molecule has 0 aliphatic carbocycles. The number of aliphatic hydroxyl groups excluding tert-OH is 1. The van der Waals surface area contributed by atoms with E-state index in [0.29, 0.717) is 33.6 Å². The molecule has 0 spiro atoms. The van der Waals surface area contributed by atoms with Crippen LogP contribution in [0.4, 0.5) is 5.13 Å². The van der Waals surface area contributed by atoms with Crippen molar-refractivity contribution in [3.63, 3.8) is 0 Å². The van der Waals surface area contributed by atoms with Crippen LogP contribution in [0.1, 0.15) is 35.4 Å². The number of nitrogens with zero attached hydrogens (tertiary/aromatic N) is 2. The van der Waals surface area contributed by atoms with Crippen LogP contribution in [0.3, 0.4) is 0 Å². The van der Waals surface area contributed by atoms with E-state index in [9.17, 15) is 14.7 Å². The second-order valence-corrected chi connectivity index (χ2v) is 10.5. The van der Waals surface area contributed by atoms with Crippen LogP contribution >= 0.6 is 34.3 Å². The maximum absolute atomic E-state index is 13.3. The second kappa shape index (κ2) is 9.45. The summed E-state index contributed by atoms with van der Waals surface area (Å²) in [6.07, 6.45) is 0.840. The normalized spacial score (nSPS) is 17.5. The van der Waals surface area contributed by atoms with Gasteiger partial charge in [-0.3, -0.25) is 14.5 Å². The molecule has 1 N–H and O–H groups in total. The van der Waals surface area contributed by atoms with E-state index in [2.05, 4.69) is 4.98 Å². The van der Waals surface area contributed by atoms with E-state index in [1.54, 1.807) is 30.3 Å². The lowest BCUT2D eigenvalue weighted by Crippen LogP contribution is -2.28. The zero-order chi connectivity index (χ0) is 24.7. The second-order valence-electron chi connectivity index (χ2n) is 8.13. The van der Waals surface area contributed by atoms with Crippen LogP contribution in [0, 0.1) is 6.92 Å². The zero-order valence-corrected chi connectivity index (χ0v) is 21.3. The standard InChI is InChI=1S/C26H21ClN2O4S2/c1-3-9-33-16-7-4-6-15(12-16)23(30)21-22(19-8-5-10-34-19)29(25(32)24(21)31)26-28-18-13-17(27)14(2)11-20(18)35-26/h4-8,10-13,22,30H,3,9H2,1-2H3/b23-21+. The number of aromatic nitrogens is 1. The van der Waals surface area contributed by atoms with Crippen molar-refractivity contribution in [3.05, 3.63) is 80.5 Å². The largest absolute Gasteiger partial charge is 0.507 e. The molecule has 0 saturated carbocycles. The number of carbonyl (C=O) groups is 2. The van der Waals surface area contributed by atoms with Gasteiger partial charge in [-0.25, -0.2) is 4.98 Å². The number of halogens is 1. The van der Waals surface area contributed by atoms with E-state index in [0.717, 1.165) is 21.6 Å². The van der Waals surface area contributed by atoms with Crippen molar-refractivity contribution in [1.29, 1.82) is 0 Å². The molecule has 1 aliphatic heterocycles. The molecule has 1 amide bonds. The zero-order valence-electron chi connectivity index (χ0n) is 18.9. The Balaban J connectivity index is 1.65. The van der Waals surface area contributed by atoms with E-state index >= 15 is 0 Å². The molecular formula is C26H21ClN2O4S2. The van der Waals surface area contributed by atoms with Crippen molar-refractivity contribution in [3.8, 4) is 5.75 Å². The Morgan fingerprint density at radius 1 is 1.20 bits per heavy atom. The summed E-state index contributed by atoms with van der Waals surface area (Å²) < 4.78 is 6.54. The van der Waals surface area contributed by atoms with Gasteiger partial charge in [-0.05, 0) is 54.6 Å². The number of aliphatic hydroxyl groups is 1. The Labute approximate surface area is 215 Å². The van der Waals surface area contributed by atoms with Crippen LogP contribution in [0.15, 0.2) is 59.5 Å². The summed E-state index contributed by atoms with van der Waals surface area (Å²) in [6.45, 7) is 4.44. The predicted octanol–water partition coefficient (Wildman–Crippen LogP) is 6.73. The van der Waals surface area contributed by atoms with Gasteiger partial charge in [0.15, 0.2) is 5.13 Å². The third-order valence-electron chi connectivity index (χ3n) is 5.70. The van der Waals surface area contributed by atoms with Crippen molar-refractivity contribution in [2.45, 2.75) is 26.3 Å². The Morgan fingerprint density at radius 3 is 2.77 bits per heavy atom. The fraction of sp³-hybridized carbons (Fsp3) is 0.192. The highest BCUT2D eigenvalue weighted by Crippen LogP contribution is 2.46. The number of Topliss-reactive ketones (excluding diaryl/α,β-unsaturated/α-hetero) is 1. The van der Waals surface area contributed by atoms with Crippen LogP contribution in [0.25, 0.3) is 16.0 Å². The summed E-state index contributed by atoms with van der Waals surface area (Å²) in [4.78, 5) is 33.4. The summed E-state index contributed by atoms with van der Waals surface area (Å²) in [5, 5.41) is 14.1. The highest BCUT2D eigenvalue weighted by molar-refractivity contribution is 7.22. The third kappa shape index (κ3) is 4.22. The first-order chi connectivity index (χ1) is 16.9. The minimum absolute atomic E-state index is 0.0264. The maximum atomic E-state index is 13.3. The van der Waals surface area contributed by atoms with E-state index in [1.165, 1.54) is 27.6 Å². The molecule has 9 heteroatoms. The summed E-state index contributed by atoms with van der Waals surface area (Å²) in [6, 6.07) is 13.5. The van der Waals surface area contributed by atoms with Gasteiger partial charge in [0.25, 0.3) is 5.78 Å². The van der Waals surface area contributed by atoms with Crippen molar-refractivity contribution >= 4 is 67.1 Å². The molecule has 2 aromatic heterocycles. The number of benzene rings is 2. The Bertz CT molecular complexity index is 1440. The number of carbonyl (C=O) groups excluding carboxylic acids is 2. The number of ketones is 1. The van der Waals surface area contributed by atoms with Gasteiger partial charge in [-0.1, -0.05) is 48.1 Å². The molecule has 5 rings (SSSR count). The molecule has 4 aromatic rings. The van der Waals surface area contributed by atoms with E-state index < -0.39 is 17.7 Å². The number of anilines is 1. The van der Waals surface area contributed by atoms with Gasteiger partial charge in [0.05, 0.1) is 22.4 Å². The smallest absolute Gasteiger partial charge is 0.301 e. The lowest BCUT2D eigenvalue weighted by atomic mass is 10.00. The topological polar surface area (TPSA) is 79.7 Å². The van der Waals surface area contributed by atoms with E-state index in [-0.39, 0.29) is 11.3 Å². The SMILES string of the molecule is CCCOc1cccc(/C(O)=C2\C(=O)C(=O)N(c3nc4cc(Cl)c(C)cc4s3)C2c2cccs2)c1. The highest BCUT2D eigenvalue weighted by atomic mass is 35.5. The number of fused-ring (bicyclic) bond motifs is 1. The maximum Gasteiger partial charge on any atom is 0.301 e. The molecule has 178 valence electrons. The van der Waals surface area contributed by atoms with Gasteiger partial charge in [0, 0.05) is 15.5 Å². The van der Waals surface area contributed by atoms with E-state index in [4.69, 9.17) is 16.3 Å². The molecule has 1 atom stereocenters. The number of aryl methyl sites for hydroxylation is 1. The minimum Gasteiger partial charge on any atom is -0.507 e. The average molecular weight is 525 g/mol. The first kappa shape index (κ1) is 23.5. The Morgan fingerprint density at radius 2 is 2.03 bits per heavy atom. The molecule has 1 saturated heterocycles. The number of hydrogen-bond acceptors (Lipinski definition) is 7. The molecule has 6 nitrogen and oxygen atoms in total. The molecule has 2 aromatic carbocycles. The fourth-order valence-electron chi connectivity index (χ4n) is 4.00. The first-order valence-corrected chi connectivity index (χ1v) is 13.1. The fourth-order valence-corrected chi connectivity index (χ4v) is 6.05. The van der Waals surface area contributed by atoms with Crippen LogP contribution in [0.5, 0.6) is 5.75 Å². The molecule has 1 unspecified atom stereocenters. The Hall–Kier alpha value is -3.20. The third-order valence-corrected chi connectivity index (χ3v) is 8.05. The molecule has 35 heavy (non-hydrogen) atoms. The van der Waals surface area contributed by atoms with Gasteiger partial charge in [-0.15, -0.1) is 11.3 Å². The number of ether oxygens (including phenoxy) is 1. The van der Waals surface area contributed by atoms with Gasteiger partial charge in [0.1, 0.15) is 17.6 Å². The van der Waals surface area contributed by atoms with Crippen LogP contribution in [-0.2, 0) is 9.59 Å². The van der Waals surface area contributed by atoms with Crippen LogP contribution < -0.4 is 9.64 Å². The highest BCUT2D eigenvalue weighted by Gasteiger charge is 2.48. The lowest BCUT2D eigenvalue weighted by Gasteiger charge is -2.21. The van der Waals surface area contributed by atoms with E-state index in [1.807, 2.05) is 37.4 Å². The Kier molecular flexibility index (Phi) is 6.35. The quantitative estimate of drug-likeness (QED) is 0.172. The lowest BCUT2D eigenvalue weighted by molar-refractivity contribution is -0.132. The van der Waals surface area contributed by atoms with Crippen molar-refractivity contribution in [2.24, 2.45) is 0 Å². The number of amides is 1. The first-order valence-electron chi connectivity index (χ1n) is 11.0. The summed E-state index contributed by atoms with van der Waals surface area (Å²) >= 11 is 8.99. The monoisotopic (exact) mass is 524 g/mol. The summed E-state index contributed by atoms with van der Waals surface area (Å²) in [5.74, 6) is -1.15. The average Bonchev–Trinajstić information content (AvgIpc) is 3.57. The van der Waals surface area contributed by atoms with Crippen molar-refractivity contribution < 1.29 is 19.4 Å². The molecule has 1 fully saturated rings. The number of thiazole rings is 1. The van der Waals surface area contributed by atoms with Gasteiger partial charge in [0.2, 0.25) is 0 Å².